The first-order valence-corrected chi connectivity index (χ1v) is 24.2. The number of rotatable bonds is 12. The topological polar surface area (TPSA) is 58.7 Å². The second-order valence-corrected chi connectivity index (χ2v) is 28.1. The van der Waals surface area contributed by atoms with E-state index < -0.39 is 43.0 Å². The molecule has 2 atom stereocenters. The molecule has 164 valence electrons. The Hall–Kier alpha value is 0.844. The molecule has 0 aromatic rings. The highest BCUT2D eigenvalue weighted by Crippen LogP contribution is 2.26. The second kappa shape index (κ2) is 11.9. The molecule has 0 N–H and O–H groups in total. The maximum atomic E-state index is 6.62. The molecule has 1 aliphatic rings. The number of ether oxygens (including phenoxy) is 2. The summed E-state index contributed by atoms with van der Waals surface area (Å²) >= 11 is 0. The number of hydrogen-bond acceptors (Lipinski definition) is 6. The first-order chi connectivity index (χ1) is 12.1. The predicted octanol–water partition coefficient (Wildman–Crippen LogP) is 4.40. The third-order valence-corrected chi connectivity index (χ3v) is 20.0. The van der Waals surface area contributed by atoms with Crippen LogP contribution in [0.2, 0.25) is 71.5 Å². The normalized spacial score (nSPS) is 18.3. The van der Waals surface area contributed by atoms with E-state index in [0.717, 1.165) is 32.3 Å². The molecule has 1 fully saturated rings. The Morgan fingerprint density at radius 2 is 1.33 bits per heavy atom. The van der Waals surface area contributed by atoms with Crippen molar-refractivity contribution in [1.82, 2.24) is 0 Å². The van der Waals surface area contributed by atoms with Gasteiger partial charge >= 0.3 is 17.1 Å². The molecular weight excluding hydrogens is 429 g/mol. The Morgan fingerprint density at radius 3 is 1.70 bits per heavy atom. The molecule has 6 nitrogen and oxygen atoms in total. The lowest BCUT2D eigenvalue weighted by atomic mass is 10.5. The van der Waals surface area contributed by atoms with Crippen molar-refractivity contribution >= 4 is 43.0 Å². The van der Waals surface area contributed by atoms with Crippen LogP contribution in [0.5, 0.6) is 0 Å². The zero-order chi connectivity index (χ0) is 21.4. The SMILES string of the molecule is C1CO1.COCCC[Si](C)(O[Si](C)(C)C)O[Si](C)(C)O[SiH](C)O[Si](C)(C)C. The fourth-order valence-corrected chi connectivity index (χ4v) is 22.7. The van der Waals surface area contributed by atoms with E-state index >= 15 is 0 Å². The summed E-state index contributed by atoms with van der Waals surface area (Å²) in [4.78, 5) is 0. The van der Waals surface area contributed by atoms with Crippen molar-refractivity contribution in [3.8, 4) is 0 Å². The Bertz CT molecular complexity index is 408. The van der Waals surface area contributed by atoms with Gasteiger partial charge in [-0.2, -0.15) is 0 Å². The Balaban J connectivity index is 0.00000203. The van der Waals surface area contributed by atoms with Gasteiger partial charge in [0.25, 0.3) is 9.28 Å². The minimum absolute atomic E-state index is 0.744. The summed E-state index contributed by atoms with van der Waals surface area (Å²) in [6.07, 6.45) is 0.965. The monoisotopic (exact) mass is 472 g/mol. The summed E-state index contributed by atoms with van der Waals surface area (Å²) in [5, 5.41) is 0. The minimum Gasteiger partial charge on any atom is -0.439 e. The highest BCUT2D eigenvalue weighted by molar-refractivity contribution is 6.88. The molecule has 0 aromatic carbocycles. The van der Waals surface area contributed by atoms with Gasteiger partial charge in [0.1, 0.15) is 0 Å². The molecule has 11 heteroatoms. The molecule has 0 aromatic heterocycles. The van der Waals surface area contributed by atoms with Gasteiger partial charge in [-0.15, -0.1) is 0 Å². The number of methoxy groups -OCH3 is 1. The molecule has 0 radical (unpaired) electrons. The highest BCUT2D eigenvalue weighted by atomic mass is 28.5. The van der Waals surface area contributed by atoms with Crippen molar-refractivity contribution in [2.24, 2.45) is 0 Å². The zero-order valence-electron chi connectivity index (χ0n) is 19.6. The van der Waals surface area contributed by atoms with Crippen molar-refractivity contribution in [2.75, 3.05) is 26.9 Å². The largest absolute Gasteiger partial charge is 0.439 e. The van der Waals surface area contributed by atoms with Crippen LogP contribution in [0.4, 0.5) is 0 Å². The van der Waals surface area contributed by atoms with Crippen LogP contribution in [0, 0.1) is 0 Å². The van der Waals surface area contributed by atoms with Gasteiger partial charge in [-0.3, -0.25) is 0 Å². The summed E-state index contributed by atoms with van der Waals surface area (Å²) in [6.45, 7) is 24.6. The smallest absolute Gasteiger partial charge is 0.315 e. The van der Waals surface area contributed by atoms with E-state index in [-0.39, 0.29) is 0 Å². The molecule has 1 heterocycles. The molecule has 27 heavy (non-hydrogen) atoms. The van der Waals surface area contributed by atoms with Gasteiger partial charge in [-0.1, -0.05) is 0 Å². The lowest BCUT2D eigenvalue weighted by molar-refractivity contribution is 0.195. The summed E-state index contributed by atoms with van der Waals surface area (Å²) < 4.78 is 35.4. The third kappa shape index (κ3) is 18.6. The first kappa shape index (κ1) is 27.8. The van der Waals surface area contributed by atoms with Crippen LogP contribution in [0.15, 0.2) is 0 Å². The second-order valence-electron chi connectivity index (χ2n) is 9.47. The van der Waals surface area contributed by atoms with Crippen molar-refractivity contribution in [3.05, 3.63) is 0 Å². The van der Waals surface area contributed by atoms with Crippen LogP contribution in [-0.2, 0) is 25.9 Å². The Kier molecular flexibility index (Phi) is 12.3. The van der Waals surface area contributed by atoms with Crippen LogP contribution in [-0.4, -0.2) is 70.0 Å². The molecular formula is C16H44O6Si5. The van der Waals surface area contributed by atoms with Crippen molar-refractivity contribution in [3.63, 3.8) is 0 Å². The molecule has 0 saturated carbocycles. The Morgan fingerprint density at radius 1 is 0.815 bits per heavy atom. The van der Waals surface area contributed by atoms with Crippen molar-refractivity contribution in [1.29, 1.82) is 0 Å². The van der Waals surface area contributed by atoms with E-state index in [1.54, 1.807) is 7.11 Å². The van der Waals surface area contributed by atoms with Crippen LogP contribution in [0.25, 0.3) is 0 Å². The van der Waals surface area contributed by atoms with Gasteiger partial charge in [-0.05, 0) is 77.9 Å². The van der Waals surface area contributed by atoms with Gasteiger partial charge < -0.3 is 25.9 Å². The van der Waals surface area contributed by atoms with Crippen molar-refractivity contribution < 1.29 is 25.9 Å². The summed E-state index contributed by atoms with van der Waals surface area (Å²) in [5.74, 6) is 0. The van der Waals surface area contributed by atoms with Gasteiger partial charge in [0, 0.05) is 13.7 Å². The molecule has 0 spiro atoms. The fraction of sp³-hybridized carbons (Fsp3) is 1.00. The zero-order valence-corrected chi connectivity index (χ0v) is 24.7. The van der Waals surface area contributed by atoms with E-state index in [1.165, 1.54) is 0 Å². The maximum Gasteiger partial charge on any atom is 0.315 e. The van der Waals surface area contributed by atoms with E-state index in [1.807, 2.05) is 0 Å². The quantitative estimate of drug-likeness (QED) is 0.238. The number of epoxide rings is 1. The van der Waals surface area contributed by atoms with Crippen LogP contribution in [0.3, 0.4) is 0 Å². The molecule has 1 aliphatic heterocycles. The summed E-state index contributed by atoms with van der Waals surface area (Å²) in [5.41, 5.74) is 0. The first-order valence-electron chi connectivity index (χ1n) is 9.90. The van der Waals surface area contributed by atoms with Gasteiger partial charge in [0.2, 0.25) is 0 Å². The maximum absolute atomic E-state index is 6.62. The van der Waals surface area contributed by atoms with Gasteiger partial charge in [0.05, 0.1) is 13.2 Å². The van der Waals surface area contributed by atoms with Crippen LogP contribution >= 0.6 is 0 Å². The lowest BCUT2D eigenvalue weighted by Gasteiger charge is -2.40. The summed E-state index contributed by atoms with van der Waals surface area (Å²) in [7, 11) is -7.76. The highest BCUT2D eigenvalue weighted by Gasteiger charge is 2.43. The average molecular weight is 473 g/mol. The third-order valence-electron chi connectivity index (χ3n) is 3.14. The molecule has 0 bridgehead atoms. The van der Waals surface area contributed by atoms with E-state index in [0.29, 0.717) is 0 Å². The molecule has 2 unspecified atom stereocenters. The standard InChI is InChI=1S/C14H40O5Si5.C2H4O/c1-15-13-12-14-24(11,18-22(6,7)8)19-23(9,10)17-20(2)16-21(3,4)5;1-2-3-1/h20H,12-14H2,1-11H3;1-2H2. The van der Waals surface area contributed by atoms with Gasteiger partial charge in [0.15, 0.2) is 16.6 Å². The van der Waals surface area contributed by atoms with Crippen LogP contribution < -0.4 is 0 Å². The van der Waals surface area contributed by atoms with E-state index in [9.17, 15) is 0 Å². The average Bonchev–Trinajstić information content (AvgIpc) is 3.19. The molecule has 1 rings (SSSR count). The molecule has 0 aliphatic carbocycles. The summed E-state index contributed by atoms with van der Waals surface area (Å²) in [6, 6.07) is 0.940. The van der Waals surface area contributed by atoms with Crippen LogP contribution in [0.1, 0.15) is 6.42 Å². The minimum atomic E-state index is -2.29. The number of hydrogen-bond donors (Lipinski definition) is 0. The lowest BCUT2D eigenvalue weighted by Crippen LogP contribution is -2.56. The molecule has 0 amide bonds. The van der Waals surface area contributed by atoms with E-state index in [2.05, 4.69) is 70.2 Å². The predicted molar refractivity (Wildman–Crippen MR) is 125 cm³/mol. The fourth-order valence-electron chi connectivity index (χ4n) is 2.77. The van der Waals surface area contributed by atoms with Gasteiger partial charge in [-0.25, -0.2) is 0 Å². The molecule has 1 saturated heterocycles. The van der Waals surface area contributed by atoms with Crippen molar-refractivity contribution in [2.45, 2.75) is 77.9 Å². The van der Waals surface area contributed by atoms with E-state index in [4.69, 9.17) is 21.2 Å². The Labute approximate surface area is 173 Å².